The van der Waals surface area contributed by atoms with Crippen LogP contribution < -0.4 is 0 Å². The zero-order valence-corrected chi connectivity index (χ0v) is 11.1. The van der Waals surface area contributed by atoms with Crippen molar-refractivity contribution in [2.75, 3.05) is 0 Å². The van der Waals surface area contributed by atoms with Crippen LogP contribution in [0.2, 0.25) is 0 Å². The van der Waals surface area contributed by atoms with Gasteiger partial charge < -0.3 is 4.42 Å². The lowest BCUT2D eigenvalue weighted by atomic mass is 10.3. The Balaban J connectivity index is 2.23. The molecule has 2 rings (SSSR count). The molecule has 2 aromatic rings. The first-order valence-corrected chi connectivity index (χ1v) is 5.86. The molecule has 2 heterocycles. The summed E-state index contributed by atoms with van der Waals surface area (Å²) in [6, 6.07) is 3.55. The summed E-state index contributed by atoms with van der Waals surface area (Å²) in [5.41, 5.74) is 1.58. The number of aryl methyl sites for hydroxylation is 1. The molecule has 0 fully saturated rings. The molecule has 0 bridgehead atoms. The zero-order valence-electron chi connectivity index (χ0n) is 9.48. The number of furan rings is 1. The van der Waals surface area contributed by atoms with E-state index in [0.29, 0.717) is 5.76 Å². The number of carbonyl (C=O) groups is 1. The molecular weight excluding hydrogens is 284 g/mol. The number of aromatic nitrogens is 2. The molecule has 0 N–H and O–H groups in total. The second-order valence-corrected chi connectivity index (χ2v) is 4.38. The fourth-order valence-corrected chi connectivity index (χ4v) is 1.70. The Bertz CT molecular complexity index is 568. The molecule has 0 aliphatic rings. The van der Waals surface area contributed by atoms with Crippen molar-refractivity contribution >= 4 is 27.9 Å². The highest BCUT2D eigenvalue weighted by Gasteiger charge is 2.12. The van der Waals surface area contributed by atoms with Crippen LogP contribution >= 0.6 is 15.9 Å². The number of allylic oxidation sites excluding steroid dienone is 1. The lowest BCUT2D eigenvalue weighted by Gasteiger charge is -1.97. The normalized spacial score (nSPS) is 11.2. The number of rotatable bonds is 2. The van der Waals surface area contributed by atoms with Gasteiger partial charge in [0.15, 0.2) is 0 Å². The average Bonchev–Trinajstić information content (AvgIpc) is 2.91. The van der Waals surface area contributed by atoms with E-state index in [1.54, 1.807) is 24.5 Å². The van der Waals surface area contributed by atoms with Gasteiger partial charge in [-0.1, -0.05) is 0 Å². The molecule has 0 radical (unpaired) electrons. The molecule has 2 aromatic heterocycles. The average molecular weight is 295 g/mol. The van der Waals surface area contributed by atoms with Gasteiger partial charge in [-0.05, 0) is 48.0 Å². The standard InChI is InChI=1S/C12H11BrN2O2/c1-8-12(13)9(2)15(14-8)11(16)6-5-10-4-3-7-17-10/h3-7H,1-2H3/b6-5+. The van der Waals surface area contributed by atoms with Crippen LogP contribution in [0.5, 0.6) is 0 Å². The van der Waals surface area contributed by atoms with E-state index in [9.17, 15) is 4.79 Å². The summed E-state index contributed by atoms with van der Waals surface area (Å²) >= 11 is 3.38. The highest BCUT2D eigenvalue weighted by Crippen LogP contribution is 2.19. The topological polar surface area (TPSA) is 48.0 Å². The van der Waals surface area contributed by atoms with E-state index >= 15 is 0 Å². The third-order valence-corrected chi connectivity index (χ3v) is 3.49. The minimum Gasteiger partial charge on any atom is -0.465 e. The number of carbonyl (C=O) groups excluding carboxylic acids is 1. The maximum absolute atomic E-state index is 11.9. The van der Waals surface area contributed by atoms with Crippen molar-refractivity contribution in [1.82, 2.24) is 9.78 Å². The molecular formula is C12H11BrN2O2. The van der Waals surface area contributed by atoms with Gasteiger partial charge in [-0.3, -0.25) is 4.79 Å². The van der Waals surface area contributed by atoms with Crippen molar-refractivity contribution in [1.29, 1.82) is 0 Å². The van der Waals surface area contributed by atoms with E-state index < -0.39 is 0 Å². The number of nitrogens with zero attached hydrogens (tertiary/aromatic N) is 2. The summed E-state index contributed by atoms with van der Waals surface area (Å²) in [5.74, 6) is 0.437. The molecule has 0 atom stereocenters. The predicted molar refractivity (Wildman–Crippen MR) is 67.8 cm³/mol. The minimum absolute atomic E-state index is 0.201. The van der Waals surface area contributed by atoms with Crippen LogP contribution in [0.25, 0.3) is 6.08 Å². The van der Waals surface area contributed by atoms with E-state index in [1.807, 2.05) is 13.8 Å². The van der Waals surface area contributed by atoms with Gasteiger partial charge >= 0.3 is 0 Å². The van der Waals surface area contributed by atoms with Gasteiger partial charge in [0.1, 0.15) is 5.76 Å². The molecule has 0 unspecified atom stereocenters. The fraction of sp³-hybridized carbons (Fsp3) is 0.167. The second-order valence-electron chi connectivity index (χ2n) is 3.58. The van der Waals surface area contributed by atoms with Crippen molar-refractivity contribution < 1.29 is 9.21 Å². The van der Waals surface area contributed by atoms with E-state index in [-0.39, 0.29) is 5.91 Å². The van der Waals surface area contributed by atoms with E-state index in [0.717, 1.165) is 15.9 Å². The molecule has 0 saturated heterocycles. The van der Waals surface area contributed by atoms with Gasteiger partial charge in [-0.15, -0.1) is 0 Å². The van der Waals surface area contributed by atoms with Gasteiger partial charge in [0, 0.05) is 6.08 Å². The Kier molecular flexibility index (Phi) is 3.28. The van der Waals surface area contributed by atoms with Crippen LogP contribution in [0.1, 0.15) is 21.9 Å². The molecule has 0 aromatic carbocycles. The van der Waals surface area contributed by atoms with Crippen LogP contribution in [0.3, 0.4) is 0 Å². The van der Waals surface area contributed by atoms with Gasteiger partial charge in [0.2, 0.25) is 0 Å². The summed E-state index contributed by atoms with van der Waals surface area (Å²) in [7, 11) is 0. The molecule has 4 nitrogen and oxygen atoms in total. The Morgan fingerprint density at radius 2 is 2.29 bits per heavy atom. The van der Waals surface area contributed by atoms with Gasteiger partial charge in [0.05, 0.1) is 22.1 Å². The van der Waals surface area contributed by atoms with Crippen LogP contribution in [0, 0.1) is 13.8 Å². The molecule has 0 saturated carbocycles. The summed E-state index contributed by atoms with van der Waals surface area (Å²) in [4.78, 5) is 11.9. The molecule has 5 heteroatoms. The van der Waals surface area contributed by atoms with Crippen LogP contribution in [-0.2, 0) is 0 Å². The van der Waals surface area contributed by atoms with Crippen LogP contribution in [-0.4, -0.2) is 15.7 Å². The minimum atomic E-state index is -0.201. The van der Waals surface area contributed by atoms with Crippen molar-refractivity contribution in [3.8, 4) is 0 Å². The van der Waals surface area contributed by atoms with Crippen molar-refractivity contribution in [2.45, 2.75) is 13.8 Å². The third kappa shape index (κ3) is 2.39. The summed E-state index contributed by atoms with van der Waals surface area (Å²) in [6.07, 6.45) is 4.61. The fourth-order valence-electron chi connectivity index (χ4n) is 1.45. The molecule has 0 aliphatic heterocycles. The van der Waals surface area contributed by atoms with Gasteiger partial charge in [-0.2, -0.15) is 5.10 Å². The van der Waals surface area contributed by atoms with E-state index in [2.05, 4.69) is 21.0 Å². The summed E-state index contributed by atoms with van der Waals surface area (Å²) in [5, 5.41) is 4.15. The maximum Gasteiger partial charge on any atom is 0.271 e. The molecule has 0 amide bonds. The number of hydrogen-bond donors (Lipinski definition) is 0. The first-order valence-electron chi connectivity index (χ1n) is 5.07. The molecule has 0 aliphatic carbocycles. The van der Waals surface area contributed by atoms with Crippen molar-refractivity contribution in [3.63, 3.8) is 0 Å². The third-order valence-electron chi connectivity index (χ3n) is 2.35. The molecule has 0 spiro atoms. The quantitative estimate of drug-likeness (QED) is 0.799. The smallest absolute Gasteiger partial charge is 0.271 e. The first kappa shape index (κ1) is 11.9. The van der Waals surface area contributed by atoms with E-state index in [4.69, 9.17) is 4.42 Å². The van der Waals surface area contributed by atoms with Crippen molar-refractivity contribution in [2.24, 2.45) is 0 Å². The maximum atomic E-state index is 11.9. The first-order chi connectivity index (χ1) is 8.09. The highest BCUT2D eigenvalue weighted by molar-refractivity contribution is 9.10. The zero-order chi connectivity index (χ0) is 12.4. The predicted octanol–water partition coefficient (Wildman–Crippen LogP) is 3.21. The Labute approximate surface area is 107 Å². The molecule has 88 valence electrons. The Morgan fingerprint density at radius 3 is 2.82 bits per heavy atom. The van der Waals surface area contributed by atoms with Gasteiger partial charge in [-0.25, -0.2) is 4.68 Å². The lowest BCUT2D eigenvalue weighted by molar-refractivity contribution is 0.0952. The largest absolute Gasteiger partial charge is 0.465 e. The lowest BCUT2D eigenvalue weighted by Crippen LogP contribution is -2.10. The Hall–Kier alpha value is -1.62. The number of halogens is 1. The Morgan fingerprint density at radius 1 is 1.53 bits per heavy atom. The van der Waals surface area contributed by atoms with Gasteiger partial charge in [0.25, 0.3) is 5.91 Å². The summed E-state index contributed by atoms with van der Waals surface area (Å²) < 4.78 is 7.32. The number of hydrogen-bond acceptors (Lipinski definition) is 3. The second kappa shape index (κ2) is 4.71. The van der Waals surface area contributed by atoms with E-state index in [1.165, 1.54) is 10.8 Å². The van der Waals surface area contributed by atoms with Crippen LogP contribution in [0.15, 0.2) is 33.4 Å². The van der Waals surface area contributed by atoms with Crippen LogP contribution in [0.4, 0.5) is 0 Å². The summed E-state index contributed by atoms with van der Waals surface area (Å²) in [6.45, 7) is 3.68. The van der Waals surface area contributed by atoms with Crippen molar-refractivity contribution in [3.05, 3.63) is 46.1 Å². The monoisotopic (exact) mass is 294 g/mol. The SMILES string of the molecule is Cc1nn(C(=O)/C=C/c2ccco2)c(C)c1Br. The highest BCUT2D eigenvalue weighted by atomic mass is 79.9. The molecule has 17 heavy (non-hydrogen) atoms.